The Bertz CT molecular complexity index is 705. The average Bonchev–Trinajstić information content (AvgIpc) is 2.86. The van der Waals surface area contributed by atoms with Crippen molar-refractivity contribution in [3.05, 3.63) is 23.0 Å². The van der Waals surface area contributed by atoms with Crippen molar-refractivity contribution in [1.82, 2.24) is 15.3 Å². The number of allylic oxidation sites excluding steroid dienone is 2. The zero-order valence-corrected chi connectivity index (χ0v) is 13.0. The van der Waals surface area contributed by atoms with Crippen LogP contribution in [0.1, 0.15) is 30.4 Å². The van der Waals surface area contributed by atoms with Crippen LogP contribution in [0, 0.1) is 0 Å². The van der Waals surface area contributed by atoms with Crippen molar-refractivity contribution in [1.29, 1.82) is 0 Å². The summed E-state index contributed by atoms with van der Waals surface area (Å²) in [5, 5.41) is 6.99. The molecule has 0 saturated heterocycles. The minimum Gasteiger partial charge on any atom is -0.370 e. The maximum Gasteiger partial charge on any atom is 0.162 e. The lowest BCUT2D eigenvalue weighted by molar-refractivity contribution is 0.112. The van der Waals surface area contributed by atoms with E-state index in [-0.39, 0.29) is 0 Å². The van der Waals surface area contributed by atoms with Gasteiger partial charge in [0.25, 0.3) is 0 Å². The molecule has 0 aromatic carbocycles. The lowest BCUT2D eigenvalue weighted by Gasteiger charge is -2.04. The number of rotatable bonds is 6. The van der Waals surface area contributed by atoms with Gasteiger partial charge < -0.3 is 10.6 Å². The molecule has 0 aliphatic heterocycles. The molecule has 21 heavy (non-hydrogen) atoms. The second kappa shape index (κ2) is 6.94. The Kier molecular flexibility index (Phi) is 4.99. The molecule has 110 valence electrons. The zero-order chi connectivity index (χ0) is 15.2. The van der Waals surface area contributed by atoms with Gasteiger partial charge in [-0.25, -0.2) is 15.0 Å². The number of aldehydes is 1. The van der Waals surface area contributed by atoms with Crippen LogP contribution >= 0.6 is 11.3 Å². The number of carbonyl (C=O) groups is 1. The van der Waals surface area contributed by atoms with Crippen LogP contribution in [0.2, 0.25) is 0 Å². The van der Waals surface area contributed by atoms with Gasteiger partial charge in [0.2, 0.25) is 0 Å². The highest BCUT2D eigenvalue weighted by atomic mass is 32.1. The first kappa shape index (κ1) is 15.1. The van der Waals surface area contributed by atoms with E-state index >= 15 is 0 Å². The van der Waals surface area contributed by atoms with Crippen LogP contribution in [-0.4, -0.2) is 29.1 Å². The van der Waals surface area contributed by atoms with Gasteiger partial charge in [-0.1, -0.05) is 6.08 Å². The van der Waals surface area contributed by atoms with Crippen molar-refractivity contribution in [3.63, 3.8) is 0 Å². The number of hydrogen-bond acceptors (Lipinski definition) is 6. The summed E-state index contributed by atoms with van der Waals surface area (Å²) in [5.41, 5.74) is 1.58. The molecular formula is C14H17N5OS. The molecule has 0 aliphatic carbocycles. The van der Waals surface area contributed by atoms with Gasteiger partial charge in [-0.3, -0.25) is 4.79 Å². The summed E-state index contributed by atoms with van der Waals surface area (Å²) in [6.07, 6.45) is 5.80. The number of hydrogen-bond donors (Lipinski definition) is 2. The second-order valence-electron chi connectivity index (χ2n) is 4.24. The molecule has 2 aromatic rings. The van der Waals surface area contributed by atoms with E-state index in [1.807, 2.05) is 26.8 Å². The summed E-state index contributed by atoms with van der Waals surface area (Å²) < 4.78 is 0. The van der Waals surface area contributed by atoms with Crippen molar-refractivity contribution < 1.29 is 4.79 Å². The van der Waals surface area contributed by atoms with Gasteiger partial charge in [0.05, 0.1) is 22.3 Å². The number of fused-ring (bicyclic) bond motifs is 1. The number of anilines is 1. The van der Waals surface area contributed by atoms with E-state index in [2.05, 4.69) is 25.6 Å². The van der Waals surface area contributed by atoms with Crippen LogP contribution < -0.4 is 10.6 Å². The van der Waals surface area contributed by atoms with Crippen LogP contribution in [0.5, 0.6) is 0 Å². The highest BCUT2D eigenvalue weighted by Crippen LogP contribution is 2.38. The number of aliphatic imine (C=N–C) groups is 1. The molecule has 0 aliphatic rings. The molecule has 0 spiro atoms. The fraction of sp³-hybridized carbons (Fsp3) is 0.286. The third-order valence-corrected chi connectivity index (χ3v) is 3.87. The second-order valence-corrected chi connectivity index (χ2v) is 5.27. The van der Waals surface area contributed by atoms with Gasteiger partial charge in [0, 0.05) is 12.2 Å². The molecule has 0 radical (unpaired) electrons. The molecule has 6 nitrogen and oxygen atoms in total. The molecule has 2 heterocycles. The minimum absolute atomic E-state index is 0.542. The topological polar surface area (TPSA) is 79.3 Å². The molecule has 0 fully saturated rings. The lowest BCUT2D eigenvalue weighted by Crippen LogP contribution is -2.06. The van der Waals surface area contributed by atoms with E-state index in [1.54, 1.807) is 6.34 Å². The van der Waals surface area contributed by atoms with Gasteiger partial charge in [-0.05, 0) is 20.8 Å². The first-order valence-corrected chi connectivity index (χ1v) is 7.41. The number of nitrogens with zero attached hydrogens (tertiary/aromatic N) is 3. The number of thiophene rings is 1. The Morgan fingerprint density at radius 2 is 2.29 bits per heavy atom. The maximum absolute atomic E-state index is 11.3. The number of aromatic nitrogens is 2. The maximum atomic E-state index is 11.3. The van der Waals surface area contributed by atoms with E-state index in [1.165, 1.54) is 17.7 Å². The average molecular weight is 303 g/mol. The van der Waals surface area contributed by atoms with Crippen LogP contribution in [0.3, 0.4) is 0 Å². The van der Waals surface area contributed by atoms with Gasteiger partial charge >= 0.3 is 0 Å². The number of carbonyl (C=O) groups excluding carboxylic acids is 1. The highest BCUT2D eigenvalue weighted by Gasteiger charge is 2.16. The van der Waals surface area contributed by atoms with Crippen molar-refractivity contribution in [2.75, 3.05) is 11.9 Å². The molecule has 7 heteroatoms. The number of nitrogens with one attached hydrogen (secondary N) is 2. The highest BCUT2D eigenvalue weighted by molar-refractivity contribution is 7.21. The summed E-state index contributed by atoms with van der Waals surface area (Å²) in [5.74, 6) is 0.696. The quantitative estimate of drug-likeness (QED) is 0.487. The smallest absolute Gasteiger partial charge is 0.162 e. The molecular weight excluding hydrogens is 286 g/mol. The summed E-state index contributed by atoms with van der Waals surface area (Å²) >= 11 is 1.31. The molecule has 0 bridgehead atoms. The van der Waals surface area contributed by atoms with Crippen LogP contribution in [0.15, 0.2) is 23.1 Å². The monoisotopic (exact) mass is 303 g/mol. The first-order valence-electron chi connectivity index (χ1n) is 6.59. The SMILES string of the molecule is C/C=C(\C)NC=Nc1c(C=O)sc2ncnc(NCC)c12. The predicted octanol–water partition coefficient (Wildman–Crippen LogP) is 3.11. The van der Waals surface area contributed by atoms with Crippen molar-refractivity contribution in [3.8, 4) is 0 Å². The predicted molar refractivity (Wildman–Crippen MR) is 87.7 cm³/mol. The molecule has 0 amide bonds. The summed E-state index contributed by atoms with van der Waals surface area (Å²) in [6, 6.07) is 0. The van der Waals surface area contributed by atoms with Crippen molar-refractivity contribution in [2.45, 2.75) is 20.8 Å². The van der Waals surface area contributed by atoms with Crippen molar-refractivity contribution >= 4 is 45.7 Å². The summed E-state index contributed by atoms with van der Waals surface area (Å²) in [7, 11) is 0. The van der Waals surface area contributed by atoms with E-state index in [9.17, 15) is 4.79 Å². The van der Waals surface area contributed by atoms with Gasteiger partial charge in [0.15, 0.2) is 6.29 Å². The summed E-state index contributed by atoms with van der Waals surface area (Å²) in [4.78, 5) is 25.4. The van der Waals surface area contributed by atoms with E-state index < -0.39 is 0 Å². The Hall–Kier alpha value is -2.28. The fourth-order valence-corrected chi connectivity index (χ4v) is 2.63. The molecule has 0 unspecified atom stereocenters. The van der Waals surface area contributed by atoms with E-state index in [0.29, 0.717) is 16.4 Å². The van der Waals surface area contributed by atoms with Crippen molar-refractivity contribution in [2.24, 2.45) is 4.99 Å². The molecule has 0 atom stereocenters. The Labute approximate surface area is 127 Å². The standard InChI is InChI=1S/C14H17N5OS/c1-4-9(3)16-7-17-12-10(6-20)21-14-11(12)13(15-5-2)18-8-19-14/h4,6-8H,5H2,1-3H3,(H,16,17)(H,15,18,19)/b9-4+. The van der Waals surface area contributed by atoms with Crippen LogP contribution in [-0.2, 0) is 0 Å². The van der Waals surface area contributed by atoms with Crippen LogP contribution in [0.4, 0.5) is 11.5 Å². The first-order chi connectivity index (χ1) is 10.2. The molecule has 2 rings (SSSR count). The zero-order valence-electron chi connectivity index (χ0n) is 12.2. The molecule has 0 saturated carbocycles. The summed E-state index contributed by atoms with van der Waals surface area (Å²) in [6.45, 7) is 6.59. The molecule has 2 N–H and O–H groups in total. The Morgan fingerprint density at radius 3 is 2.95 bits per heavy atom. The van der Waals surface area contributed by atoms with Crippen LogP contribution in [0.25, 0.3) is 10.2 Å². The lowest BCUT2D eigenvalue weighted by atomic mass is 10.3. The fourth-order valence-electron chi connectivity index (χ4n) is 1.73. The normalized spacial score (nSPS) is 12.0. The van der Waals surface area contributed by atoms with E-state index in [0.717, 1.165) is 28.7 Å². The third kappa shape index (κ3) is 3.25. The van der Waals surface area contributed by atoms with Gasteiger partial charge in [-0.2, -0.15) is 0 Å². The minimum atomic E-state index is 0.542. The third-order valence-electron chi connectivity index (χ3n) is 2.86. The Morgan fingerprint density at radius 1 is 1.48 bits per heavy atom. The van der Waals surface area contributed by atoms with Gasteiger partial charge in [0.1, 0.15) is 17.0 Å². The Balaban J connectivity index is 2.51. The van der Waals surface area contributed by atoms with Gasteiger partial charge in [-0.15, -0.1) is 11.3 Å². The molecule has 2 aromatic heterocycles. The van der Waals surface area contributed by atoms with E-state index in [4.69, 9.17) is 0 Å². The largest absolute Gasteiger partial charge is 0.370 e.